The lowest BCUT2D eigenvalue weighted by Gasteiger charge is -2.15. The molecule has 2 aromatic carbocycles. The Morgan fingerprint density at radius 2 is 1.93 bits per heavy atom. The molecule has 0 atom stereocenters. The average Bonchev–Trinajstić information content (AvgIpc) is 3.17. The van der Waals surface area contributed by atoms with Crippen LogP contribution in [-0.4, -0.2) is 17.5 Å². The minimum absolute atomic E-state index is 0.0911. The number of aryl methyl sites for hydroxylation is 1. The van der Waals surface area contributed by atoms with Crippen molar-refractivity contribution in [1.29, 1.82) is 0 Å². The molecule has 29 heavy (non-hydrogen) atoms. The highest BCUT2D eigenvalue weighted by Gasteiger charge is 2.16. The molecule has 0 fully saturated rings. The number of amides is 1. The van der Waals surface area contributed by atoms with E-state index in [1.54, 1.807) is 0 Å². The summed E-state index contributed by atoms with van der Waals surface area (Å²) in [6.45, 7) is 6.66. The second-order valence-corrected chi connectivity index (χ2v) is 7.83. The van der Waals surface area contributed by atoms with Crippen LogP contribution in [-0.2, 0) is 24.1 Å². The third kappa shape index (κ3) is 4.98. The Morgan fingerprint density at radius 3 is 2.66 bits per heavy atom. The van der Waals surface area contributed by atoms with Crippen molar-refractivity contribution in [2.45, 2.75) is 40.0 Å². The third-order valence-electron chi connectivity index (χ3n) is 4.65. The van der Waals surface area contributed by atoms with Crippen molar-refractivity contribution in [2.75, 3.05) is 11.9 Å². The zero-order valence-electron chi connectivity index (χ0n) is 16.9. The maximum absolute atomic E-state index is 12.7. The Bertz CT molecular complexity index is 1000. The Hall–Kier alpha value is -2.37. The van der Waals surface area contributed by atoms with Crippen molar-refractivity contribution in [2.24, 2.45) is 0 Å². The molecular formula is C23H25ClN2O2S. The molecule has 0 spiro atoms. The molecule has 6 heteroatoms. The number of nitrogens with zero attached hydrogens (tertiary/aromatic N) is 1. The molecule has 0 saturated carbocycles. The number of hydrogen-bond acceptors (Lipinski definition) is 4. The maximum atomic E-state index is 12.7. The third-order valence-corrected chi connectivity index (χ3v) is 5.93. The van der Waals surface area contributed by atoms with E-state index in [2.05, 4.69) is 17.2 Å². The molecule has 1 N–H and O–H groups in total. The molecule has 0 aliphatic heterocycles. The minimum atomic E-state index is -0.0911. The number of benzene rings is 2. The highest BCUT2D eigenvalue weighted by molar-refractivity contribution is 7.13. The molecule has 0 radical (unpaired) electrons. The number of hydrogen-bond donors (Lipinski definition) is 1. The second kappa shape index (κ2) is 9.90. The first-order valence-electron chi connectivity index (χ1n) is 9.84. The van der Waals surface area contributed by atoms with Crippen LogP contribution in [0.25, 0.3) is 10.6 Å². The Kier molecular flexibility index (Phi) is 7.29. The summed E-state index contributed by atoms with van der Waals surface area (Å²) in [5.74, 6) is 0.714. The SMILES string of the molecule is CCOc1ccccc1-c1nc(CC(=O)Nc2c(CC)ccc(Cl)c2CC)cs1. The first-order chi connectivity index (χ1) is 14.1. The highest BCUT2D eigenvalue weighted by atomic mass is 35.5. The van der Waals surface area contributed by atoms with Crippen molar-refractivity contribution in [3.8, 4) is 16.3 Å². The van der Waals surface area contributed by atoms with Crippen LogP contribution in [0, 0.1) is 0 Å². The second-order valence-electron chi connectivity index (χ2n) is 6.57. The van der Waals surface area contributed by atoms with Gasteiger partial charge in [0.25, 0.3) is 0 Å². The molecule has 0 saturated heterocycles. The summed E-state index contributed by atoms with van der Waals surface area (Å²) in [6, 6.07) is 11.7. The lowest BCUT2D eigenvalue weighted by Crippen LogP contribution is -2.17. The summed E-state index contributed by atoms with van der Waals surface area (Å²) in [5, 5.41) is 6.53. The van der Waals surface area contributed by atoms with Crippen LogP contribution in [0.5, 0.6) is 5.75 Å². The van der Waals surface area contributed by atoms with Crippen LogP contribution >= 0.6 is 22.9 Å². The van der Waals surface area contributed by atoms with E-state index in [-0.39, 0.29) is 12.3 Å². The maximum Gasteiger partial charge on any atom is 0.230 e. The van der Waals surface area contributed by atoms with Gasteiger partial charge in [0.2, 0.25) is 5.91 Å². The lowest BCUT2D eigenvalue weighted by molar-refractivity contribution is -0.115. The van der Waals surface area contributed by atoms with Gasteiger partial charge in [0.15, 0.2) is 0 Å². The molecule has 1 heterocycles. The van der Waals surface area contributed by atoms with Crippen LogP contribution in [0.15, 0.2) is 41.8 Å². The number of thiazole rings is 1. The predicted molar refractivity (Wildman–Crippen MR) is 121 cm³/mol. The van der Waals surface area contributed by atoms with Gasteiger partial charge in [-0.25, -0.2) is 4.98 Å². The first kappa shape index (κ1) is 21.3. The molecule has 0 aliphatic rings. The summed E-state index contributed by atoms with van der Waals surface area (Å²) in [5.41, 5.74) is 4.59. The molecule has 4 nitrogen and oxygen atoms in total. The van der Waals surface area contributed by atoms with Gasteiger partial charge in [-0.2, -0.15) is 0 Å². The molecule has 3 rings (SSSR count). The topological polar surface area (TPSA) is 51.2 Å². The first-order valence-corrected chi connectivity index (χ1v) is 11.1. The van der Waals surface area contributed by atoms with E-state index in [1.165, 1.54) is 11.3 Å². The zero-order chi connectivity index (χ0) is 20.8. The van der Waals surface area contributed by atoms with Gasteiger partial charge in [-0.05, 0) is 49.1 Å². The minimum Gasteiger partial charge on any atom is -0.493 e. The van der Waals surface area contributed by atoms with Gasteiger partial charge in [-0.15, -0.1) is 11.3 Å². The number of anilines is 1. The van der Waals surface area contributed by atoms with Crippen molar-refractivity contribution in [3.05, 3.63) is 63.6 Å². The van der Waals surface area contributed by atoms with Crippen molar-refractivity contribution in [1.82, 2.24) is 4.98 Å². The molecular weight excluding hydrogens is 404 g/mol. The Balaban J connectivity index is 1.78. The zero-order valence-corrected chi connectivity index (χ0v) is 18.5. The molecule has 152 valence electrons. The molecule has 0 bridgehead atoms. The monoisotopic (exact) mass is 428 g/mol. The van der Waals surface area contributed by atoms with E-state index in [1.807, 2.05) is 55.6 Å². The van der Waals surface area contributed by atoms with Crippen molar-refractivity contribution < 1.29 is 9.53 Å². The number of carbonyl (C=O) groups excluding carboxylic acids is 1. The summed E-state index contributed by atoms with van der Waals surface area (Å²) >= 11 is 7.86. The quantitative estimate of drug-likeness (QED) is 0.466. The van der Waals surface area contributed by atoms with Gasteiger partial charge < -0.3 is 10.1 Å². The van der Waals surface area contributed by atoms with E-state index in [0.717, 1.165) is 51.7 Å². The van der Waals surface area contributed by atoms with Gasteiger partial charge in [-0.3, -0.25) is 4.79 Å². The van der Waals surface area contributed by atoms with Crippen LogP contribution < -0.4 is 10.1 Å². The van der Waals surface area contributed by atoms with E-state index in [9.17, 15) is 4.79 Å². The predicted octanol–water partition coefficient (Wildman–Crippen LogP) is 6.17. The summed E-state index contributed by atoms with van der Waals surface area (Å²) < 4.78 is 5.70. The van der Waals surface area contributed by atoms with E-state index < -0.39 is 0 Å². The normalized spacial score (nSPS) is 10.8. The fourth-order valence-corrected chi connectivity index (χ4v) is 4.39. The summed E-state index contributed by atoms with van der Waals surface area (Å²) in [7, 11) is 0. The van der Waals surface area contributed by atoms with E-state index in [4.69, 9.17) is 16.3 Å². The van der Waals surface area contributed by atoms with Gasteiger partial charge in [0, 0.05) is 16.1 Å². The van der Waals surface area contributed by atoms with E-state index >= 15 is 0 Å². The Morgan fingerprint density at radius 1 is 1.14 bits per heavy atom. The number of rotatable bonds is 8. The summed E-state index contributed by atoms with van der Waals surface area (Å²) in [4.78, 5) is 17.4. The van der Waals surface area contributed by atoms with Crippen molar-refractivity contribution in [3.63, 3.8) is 0 Å². The number of para-hydroxylation sites is 1. The van der Waals surface area contributed by atoms with Crippen molar-refractivity contribution >= 4 is 34.5 Å². The highest BCUT2D eigenvalue weighted by Crippen LogP contribution is 2.33. The average molecular weight is 429 g/mol. The van der Waals surface area contributed by atoms with Gasteiger partial charge >= 0.3 is 0 Å². The number of carbonyl (C=O) groups is 1. The summed E-state index contributed by atoms with van der Waals surface area (Å²) in [6.07, 6.45) is 1.80. The molecule has 0 aliphatic carbocycles. The number of aromatic nitrogens is 1. The van der Waals surface area contributed by atoms with Gasteiger partial charge in [0.1, 0.15) is 10.8 Å². The van der Waals surface area contributed by atoms with Crippen LogP contribution in [0.4, 0.5) is 5.69 Å². The van der Waals surface area contributed by atoms with Gasteiger partial charge in [0.05, 0.1) is 24.3 Å². The number of nitrogens with one attached hydrogen (secondary N) is 1. The number of halogens is 1. The molecule has 3 aromatic rings. The van der Waals surface area contributed by atoms with Crippen LogP contribution in [0.1, 0.15) is 37.6 Å². The Labute approximate surface area is 180 Å². The van der Waals surface area contributed by atoms with E-state index in [0.29, 0.717) is 11.6 Å². The largest absolute Gasteiger partial charge is 0.493 e. The number of ether oxygens (including phenoxy) is 1. The fourth-order valence-electron chi connectivity index (χ4n) is 3.25. The van der Waals surface area contributed by atoms with Gasteiger partial charge in [-0.1, -0.05) is 43.6 Å². The lowest BCUT2D eigenvalue weighted by atomic mass is 10.0. The standard InChI is InChI=1S/C23H25ClN2O2S/c1-4-15-11-12-19(24)17(5-2)22(15)26-21(27)13-16-14-29-23(25-16)18-9-7-8-10-20(18)28-6-3/h7-12,14H,4-6,13H2,1-3H3,(H,26,27). The molecule has 1 aromatic heterocycles. The fraction of sp³-hybridized carbons (Fsp3) is 0.304. The van der Waals surface area contributed by atoms with Crippen LogP contribution in [0.2, 0.25) is 5.02 Å². The molecule has 1 amide bonds. The smallest absolute Gasteiger partial charge is 0.230 e. The molecule has 0 unspecified atom stereocenters. The van der Waals surface area contributed by atoms with Crippen LogP contribution in [0.3, 0.4) is 0 Å².